The largest absolute Gasteiger partial charge is 0.481 e. The normalized spacial score (nSPS) is 19.0. The number of aromatic nitrogens is 1. The van der Waals surface area contributed by atoms with Gasteiger partial charge in [-0.1, -0.05) is 6.07 Å². The number of hydrogen-bond acceptors (Lipinski definition) is 4. The number of carbonyl (C=O) groups excluding carboxylic acids is 1. The molecule has 0 aromatic carbocycles. The van der Waals surface area contributed by atoms with E-state index in [1.165, 1.54) is 0 Å². The van der Waals surface area contributed by atoms with Gasteiger partial charge in [-0.15, -0.1) is 0 Å². The van der Waals surface area contributed by atoms with Gasteiger partial charge in [-0.3, -0.25) is 4.79 Å². The zero-order valence-corrected chi connectivity index (χ0v) is 9.81. The molecule has 1 amide bonds. The van der Waals surface area contributed by atoms with E-state index < -0.39 is 0 Å². The Hall–Kier alpha value is -1.62. The van der Waals surface area contributed by atoms with Crippen LogP contribution in [0.3, 0.4) is 0 Å². The lowest BCUT2D eigenvalue weighted by Crippen LogP contribution is -2.33. The molecule has 1 N–H and O–H groups in total. The monoisotopic (exact) mass is 236 g/mol. The van der Waals surface area contributed by atoms with Gasteiger partial charge in [0.15, 0.2) is 0 Å². The molecule has 1 aromatic rings. The van der Waals surface area contributed by atoms with E-state index in [0.717, 1.165) is 18.4 Å². The van der Waals surface area contributed by atoms with E-state index in [9.17, 15) is 4.79 Å². The first-order chi connectivity index (χ1) is 8.29. The van der Waals surface area contributed by atoms with Crippen LogP contribution in [0.4, 0.5) is 0 Å². The van der Waals surface area contributed by atoms with Crippen LogP contribution in [0.25, 0.3) is 0 Å². The Bertz CT molecular complexity index is 372. The second-order valence-corrected chi connectivity index (χ2v) is 3.93. The van der Waals surface area contributed by atoms with E-state index in [2.05, 4.69) is 10.3 Å². The first-order valence-electron chi connectivity index (χ1n) is 5.68. The molecule has 92 valence electrons. The van der Waals surface area contributed by atoms with Crippen LogP contribution >= 0.6 is 0 Å². The van der Waals surface area contributed by atoms with Gasteiger partial charge in [0, 0.05) is 25.4 Å². The average Bonchev–Trinajstić information content (AvgIpc) is 2.90. The minimum absolute atomic E-state index is 0.0432. The molecule has 5 heteroatoms. The van der Waals surface area contributed by atoms with Gasteiger partial charge in [0.25, 0.3) is 0 Å². The van der Waals surface area contributed by atoms with Crippen molar-refractivity contribution in [3.05, 3.63) is 23.9 Å². The van der Waals surface area contributed by atoms with Gasteiger partial charge in [0.1, 0.15) is 6.10 Å². The standard InChI is InChI=1S/C12H16N2O3/c1-16-11-5-4-9(7-13-11)8-14-12(15)10-3-2-6-17-10/h4-5,7,10H,2-3,6,8H2,1H3,(H,14,15)/t10-/m0/s1. The van der Waals surface area contributed by atoms with Crippen molar-refractivity contribution in [3.63, 3.8) is 0 Å². The summed E-state index contributed by atoms with van der Waals surface area (Å²) in [7, 11) is 1.57. The van der Waals surface area contributed by atoms with Crippen LogP contribution < -0.4 is 10.1 Å². The van der Waals surface area contributed by atoms with Gasteiger partial charge in [-0.25, -0.2) is 4.98 Å². The van der Waals surface area contributed by atoms with E-state index >= 15 is 0 Å². The third-order valence-corrected chi connectivity index (χ3v) is 2.70. The number of pyridine rings is 1. The molecular weight excluding hydrogens is 220 g/mol. The number of nitrogens with zero attached hydrogens (tertiary/aromatic N) is 1. The molecule has 17 heavy (non-hydrogen) atoms. The van der Waals surface area contributed by atoms with Gasteiger partial charge >= 0.3 is 0 Å². The van der Waals surface area contributed by atoms with Gasteiger partial charge in [0.05, 0.1) is 7.11 Å². The number of rotatable bonds is 4. The van der Waals surface area contributed by atoms with Crippen LogP contribution in [-0.2, 0) is 16.1 Å². The van der Waals surface area contributed by atoms with E-state index in [1.807, 2.05) is 6.07 Å². The summed E-state index contributed by atoms with van der Waals surface area (Å²) in [6.07, 6.45) is 3.19. The van der Waals surface area contributed by atoms with E-state index in [-0.39, 0.29) is 12.0 Å². The van der Waals surface area contributed by atoms with E-state index in [4.69, 9.17) is 9.47 Å². The lowest BCUT2D eigenvalue weighted by Gasteiger charge is -2.10. The smallest absolute Gasteiger partial charge is 0.249 e. The maximum absolute atomic E-state index is 11.7. The highest BCUT2D eigenvalue weighted by atomic mass is 16.5. The maximum atomic E-state index is 11.7. The number of amides is 1. The van der Waals surface area contributed by atoms with Gasteiger partial charge < -0.3 is 14.8 Å². The van der Waals surface area contributed by atoms with Crippen molar-refractivity contribution in [1.29, 1.82) is 0 Å². The lowest BCUT2D eigenvalue weighted by atomic mass is 10.2. The Morgan fingerprint density at radius 1 is 1.65 bits per heavy atom. The number of methoxy groups -OCH3 is 1. The van der Waals surface area contributed by atoms with Crippen LogP contribution in [0, 0.1) is 0 Å². The fourth-order valence-corrected chi connectivity index (χ4v) is 1.72. The van der Waals surface area contributed by atoms with Crippen LogP contribution in [-0.4, -0.2) is 30.7 Å². The summed E-state index contributed by atoms with van der Waals surface area (Å²) in [5.74, 6) is 0.525. The molecule has 1 fully saturated rings. The molecule has 0 aliphatic carbocycles. The van der Waals surface area contributed by atoms with Gasteiger partial charge in [-0.05, 0) is 18.4 Å². The third kappa shape index (κ3) is 3.17. The summed E-state index contributed by atoms with van der Waals surface area (Å²) < 4.78 is 10.2. The Morgan fingerprint density at radius 3 is 3.12 bits per heavy atom. The topological polar surface area (TPSA) is 60.5 Å². The predicted molar refractivity (Wildman–Crippen MR) is 61.6 cm³/mol. The molecule has 5 nitrogen and oxygen atoms in total. The van der Waals surface area contributed by atoms with Crippen molar-refractivity contribution in [2.75, 3.05) is 13.7 Å². The van der Waals surface area contributed by atoms with Crippen molar-refractivity contribution in [1.82, 2.24) is 10.3 Å². The predicted octanol–water partition coefficient (Wildman–Crippen LogP) is 0.885. The number of hydrogen-bond donors (Lipinski definition) is 1. The van der Waals surface area contributed by atoms with Crippen molar-refractivity contribution < 1.29 is 14.3 Å². The van der Waals surface area contributed by atoms with Gasteiger partial charge in [0.2, 0.25) is 11.8 Å². The lowest BCUT2D eigenvalue weighted by molar-refractivity contribution is -0.130. The molecule has 1 saturated heterocycles. The fraction of sp³-hybridized carbons (Fsp3) is 0.500. The summed E-state index contributed by atoms with van der Waals surface area (Å²) in [5.41, 5.74) is 0.942. The molecule has 0 bridgehead atoms. The molecule has 1 aliphatic heterocycles. The van der Waals surface area contributed by atoms with E-state index in [1.54, 1.807) is 19.4 Å². The van der Waals surface area contributed by atoms with E-state index in [0.29, 0.717) is 19.0 Å². The van der Waals surface area contributed by atoms with Crippen molar-refractivity contribution >= 4 is 5.91 Å². The highest BCUT2D eigenvalue weighted by Gasteiger charge is 2.22. The Labute approximate surface area is 100 Å². The molecule has 0 spiro atoms. The Morgan fingerprint density at radius 2 is 2.53 bits per heavy atom. The average molecular weight is 236 g/mol. The Balaban J connectivity index is 1.82. The molecule has 0 saturated carbocycles. The van der Waals surface area contributed by atoms with Crippen LogP contribution in [0.2, 0.25) is 0 Å². The molecule has 2 heterocycles. The minimum atomic E-state index is -0.277. The second-order valence-electron chi connectivity index (χ2n) is 3.93. The molecule has 1 aromatic heterocycles. The van der Waals surface area contributed by atoms with Crippen molar-refractivity contribution in [2.45, 2.75) is 25.5 Å². The number of ether oxygens (including phenoxy) is 2. The maximum Gasteiger partial charge on any atom is 0.249 e. The highest BCUT2D eigenvalue weighted by Crippen LogP contribution is 2.12. The summed E-state index contributed by atoms with van der Waals surface area (Å²) in [5, 5.41) is 2.83. The summed E-state index contributed by atoms with van der Waals surface area (Å²) in [6.45, 7) is 1.15. The van der Waals surface area contributed by atoms with Crippen LogP contribution in [0.5, 0.6) is 5.88 Å². The fourth-order valence-electron chi connectivity index (χ4n) is 1.72. The first kappa shape index (κ1) is 11.9. The van der Waals surface area contributed by atoms with Crippen molar-refractivity contribution in [3.8, 4) is 5.88 Å². The van der Waals surface area contributed by atoms with Crippen molar-refractivity contribution in [2.24, 2.45) is 0 Å². The highest BCUT2D eigenvalue weighted by molar-refractivity contribution is 5.80. The molecule has 0 radical (unpaired) electrons. The number of carbonyl (C=O) groups is 1. The zero-order chi connectivity index (χ0) is 12.1. The molecule has 1 aliphatic rings. The summed E-state index contributed by atoms with van der Waals surface area (Å²) in [4.78, 5) is 15.7. The molecule has 0 unspecified atom stereocenters. The zero-order valence-electron chi connectivity index (χ0n) is 9.81. The third-order valence-electron chi connectivity index (χ3n) is 2.70. The van der Waals surface area contributed by atoms with Crippen LogP contribution in [0.15, 0.2) is 18.3 Å². The summed E-state index contributed by atoms with van der Waals surface area (Å²) >= 11 is 0. The SMILES string of the molecule is COc1ccc(CNC(=O)[C@@H]2CCCO2)cn1. The summed E-state index contributed by atoms with van der Waals surface area (Å²) in [6, 6.07) is 3.65. The Kier molecular flexibility index (Phi) is 3.93. The molecular formula is C12H16N2O3. The first-order valence-corrected chi connectivity index (χ1v) is 5.68. The molecule has 1 atom stereocenters. The minimum Gasteiger partial charge on any atom is -0.481 e. The quantitative estimate of drug-likeness (QED) is 0.843. The number of nitrogens with one attached hydrogen (secondary N) is 1. The molecule has 2 rings (SSSR count). The van der Waals surface area contributed by atoms with Crippen LogP contribution in [0.1, 0.15) is 18.4 Å². The second kappa shape index (κ2) is 5.63. The van der Waals surface area contributed by atoms with Gasteiger partial charge in [-0.2, -0.15) is 0 Å².